The molecule has 6 heteroatoms. The van der Waals surface area contributed by atoms with Crippen molar-refractivity contribution in [3.8, 4) is 0 Å². The van der Waals surface area contributed by atoms with Crippen molar-refractivity contribution in [2.75, 3.05) is 13.1 Å². The van der Waals surface area contributed by atoms with Crippen molar-refractivity contribution in [2.45, 2.75) is 38.8 Å². The van der Waals surface area contributed by atoms with Gasteiger partial charge in [-0.15, -0.1) is 0 Å². The summed E-state index contributed by atoms with van der Waals surface area (Å²) in [7, 11) is 0. The summed E-state index contributed by atoms with van der Waals surface area (Å²) in [6.45, 7) is 1.89. The zero-order valence-corrected chi connectivity index (χ0v) is 13.3. The summed E-state index contributed by atoms with van der Waals surface area (Å²) >= 11 is 0. The molecule has 0 radical (unpaired) electrons. The highest BCUT2D eigenvalue weighted by Gasteiger charge is 2.33. The first-order valence-corrected chi connectivity index (χ1v) is 7.88. The van der Waals surface area contributed by atoms with E-state index in [0.717, 1.165) is 18.4 Å². The first kappa shape index (κ1) is 17.0. The van der Waals surface area contributed by atoms with Crippen LogP contribution in [0.3, 0.4) is 0 Å². The minimum atomic E-state index is -0.530. The maximum atomic E-state index is 12.3. The third-order valence-electron chi connectivity index (χ3n) is 3.69. The number of ether oxygens (including phenoxy) is 1. The Bertz CT molecular complexity index is 559. The standard InChI is InChI=1S/C17H22N2O4/c1-2-3-9-14-17(22)19(10-15(20)18-14)11-16(21)23-12-13-7-5-4-6-8-13/h4-8,14H,2-3,9-12H2,1H3,(H,18,20). The van der Waals surface area contributed by atoms with Gasteiger partial charge in [-0.05, 0) is 12.0 Å². The highest BCUT2D eigenvalue weighted by atomic mass is 16.5. The van der Waals surface area contributed by atoms with Crippen LogP contribution in [-0.4, -0.2) is 41.8 Å². The lowest BCUT2D eigenvalue weighted by atomic mass is 10.1. The van der Waals surface area contributed by atoms with Crippen molar-refractivity contribution in [3.05, 3.63) is 35.9 Å². The van der Waals surface area contributed by atoms with Crippen LogP contribution >= 0.6 is 0 Å². The summed E-state index contributed by atoms with van der Waals surface area (Å²) in [4.78, 5) is 37.2. The molecule has 1 atom stereocenters. The van der Waals surface area contributed by atoms with E-state index in [1.54, 1.807) is 0 Å². The van der Waals surface area contributed by atoms with E-state index in [1.807, 2.05) is 37.3 Å². The number of amides is 2. The molecule has 2 rings (SSSR count). The maximum Gasteiger partial charge on any atom is 0.325 e. The van der Waals surface area contributed by atoms with Crippen molar-refractivity contribution in [3.63, 3.8) is 0 Å². The minimum Gasteiger partial charge on any atom is -0.459 e. The molecule has 0 aromatic heterocycles. The zero-order chi connectivity index (χ0) is 16.7. The molecule has 1 N–H and O–H groups in total. The van der Waals surface area contributed by atoms with Crippen molar-refractivity contribution in [1.82, 2.24) is 10.2 Å². The molecule has 124 valence electrons. The van der Waals surface area contributed by atoms with Crippen molar-refractivity contribution in [1.29, 1.82) is 0 Å². The third-order valence-corrected chi connectivity index (χ3v) is 3.69. The fraction of sp³-hybridized carbons (Fsp3) is 0.471. The molecule has 2 amide bonds. The predicted octanol–water partition coefficient (Wildman–Crippen LogP) is 1.25. The van der Waals surface area contributed by atoms with E-state index in [4.69, 9.17) is 4.74 Å². The number of hydrogen-bond donors (Lipinski definition) is 1. The van der Waals surface area contributed by atoms with Gasteiger partial charge in [0.05, 0.1) is 0 Å². The van der Waals surface area contributed by atoms with Gasteiger partial charge in [-0.1, -0.05) is 50.1 Å². The van der Waals surface area contributed by atoms with Crippen LogP contribution in [0.15, 0.2) is 30.3 Å². The van der Waals surface area contributed by atoms with Crippen LogP contribution in [0, 0.1) is 0 Å². The van der Waals surface area contributed by atoms with E-state index in [-0.39, 0.29) is 31.5 Å². The number of nitrogens with zero attached hydrogens (tertiary/aromatic N) is 1. The molecule has 1 aromatic rings. The molecule has 1 aliphatic rings. The van der Waals surface area contributed by atoms with Gasteiger partial charge < -0.3 is 15.0 Å². The van der Waals surface area contributed by atoms with Gasteiger partial charge in [-0.3, -0.25) is 14.4 Å². The van der Waals surface area contributed by atoms with Crippen molar-refractivity contribution in [2.24, 2.45) is 0 Å². The van der Waals surface area contributed by atoms with E-state index >= 15 is 0 Å². The number of rotatable bonds is 7. The summed E-state index contributed by atoms with van der Waals surface area (Å²) in [5.74, 6) is -0.956. The largest absolute Gasteiger partial charge is 0.459 e. The predicted molar refractivity (Wildman–Crippen MR) is 84.3 cm³/mol. The van der Waals surface area contributed by atoms with Crippen LogP contribution in [0.25, 0.3) is 0 Å². The Hall–Kier alpha value is -2.37. The normalized spacial score (nSPS) is 17.8. The molecule has 1 unspecified atom stereocenters. The lowest BCUT2D eigenvalue weighted by molar-refractivity contribution is -0.154. The first-order valence-electron chi connectivity index (χ1n) is 7.88. The number of carbonyl (C=O) groups excluding carboxylic acids is 3. The number of esters is 1. The monoisotopic (exact) mass is 318 g/mol. The second-order valence-electron chi connectivity index (χ2n) is 5.60. The number of unbranched alkanes of at least 4 members (excludes halogenated alkanes) is 1. The molecule has 1 fully saturated rings. The maximum absolute atomic E-state index is 12.3. The second kappa shape index (κ2) is 8.31. The average Bonchev–Trinajstić information content (AvgIpc) is 2.55. The molecule has 0 aliphatic carbocycles. The van der Waals surface area contributed by atoms with Gasteiger partial charge >= 0.3 is 5.97 Å². The summed E-state index contributed by atoms with van der Waals surface area (Å²) in [5, 5.41) is 2.68. The number of carbonyl (C=O) groups is 3. The second-order valence-corrected chi connectivity index (χ2v) is 5.60. The Labute approximate surface area is 135 Å². The summed E-state index contributed by atoms with van der Waals surface area (Å²) in [6, 6.07) is 8.78. The Kier molecular flexibility index (Phi) is 6.14. The van der Waals surface area contributed by atoms with Crippen LogP contribution in [0.2, 0.25) is 0 Å². The van der Waals surface area contributed by atoms with E-state index in [2.05, 4.69) is 5.32 Å². The van der Waals surface area contributed by atoms with Gasteiger partial charge in [0.25, 0.3) is 0 Å². The van der Waals surface area contributed by atoms with Gasteiger partial charge in [-0.25, -0.2) is 0 Å². The third kappa shape index (κ3) is 5.09. The molecule has 1 aromatic carbocycles. The zero-order valence-electron chi connectivity index (χ0n) is 13.3. The van der Waals surface area contributed by atoms with Gasteiger partial charge in [-0.2, -0.15) is 0 Å². The van der Waals surface area contributed by atoms with Crippen LogP contribution in [0.1, 0.15) is 31.7 Å². The van der Waals surface area contributed by atoms with E-state index in [1.165, 1.54) is 4.90 Å². The van der Waals surface area contributed by atoms with Crippen LogP contribution < -0.4 is 5.32 Å². The van der Waals surface area contributed by atoms with Gasteiger partial charge in [0, 0.05) is 0 Å². The first-order chi connectivity index (χ1) is 11.1. The molecule has 1 aliphatic heterocycles. The van der Waals surface area contributed by atoms with Crippen LogP contribution in [0.5, 0.6) is 0 Å². The highest BCUT2D eigenvalue weighted by Crippen LogP contribution is 2.10. The van der Waals surface area contributed by atoms with Crippen molar-refractivity contribution >= 4 is 17.8 Å². The van der Waals surface area contributed by atoms with Gasteiger partial charge in [0.1, 0.15) is 25.7 Å². The Morgan fingerprint density at radius 3 is 2.74 bits per heavy atom. The van der Waals surface area contributed by atoms with Gasteiger partial charge in [0.15, 0.2) is 0 Å². The lowest BCUT2D eigenvalue weighted by Crippen LogP contribution is -2.58. The minimum absolute atomic E-state index is 0.0953. The molecule has 23 heavy (non-hydrogen) atoms. The summed E-state index contributed by atoms with van der Waals surface area (Å²) in [6.07, 6.45) is 2.39. The molecule has 1 saturated heterocycles. The fourth-order valence-electron chi connectivity index (χ4n) is 2.45. The Morgan fingerprint density at radius 1 is 1.30 bits per heavy atom. The van der Waals surface area contributed by atoms with E-state index in [9.17, 15) is 14.4 Å². The number of benzene rings is 1. The average molecular weight is 318 g/mol. The molecular formula is C17H22N2O4. The SMILES string of the molecule is CCCCC1NC(=O)CN(CC(=O)OCc2ccccc2)C1=O. The Balaban J connectivity index is 1.86. The van der Waals surface area contributed by atoms with Crippen LogP contribution in [-0.2, 0) is 25.7 Å². The molecule has 0 saturated carbocycles. The lowest BCUT2D eigenvalue weighted by Gasteiger charge is -2.31. The van der Waals surface area contributed by atoms with Gasteiger partial charge in [0.2, 0.25) is 11.8 Å². The van der Waals surface area contributed by atoms with E-state index < -0.39 is 12.0 Å². The number of hydrogen-bond acceptors (Lipinski definition) is 4. The molecule has 0 spiro atoms. The molecule has 0 bridgehead atoms. The number of piperazine rings is 1. The summed E-state index contributed by atoms with van der Waals surface area (Å²) in [5.41, 5.74) is 0.879. The highest BCUT2D eigenvalue weighted by molar-refractivity contribution is 5.96. The number of nitrogens with one attached hydrogen (secondary N) is 1. The smallest absolute Gasteiger partial charge is 0.325 e. The fourth-order valence-corrected chi connectivity index (χ4v) is 2.45. The topological polar surface area (TPSA) is 75.7 Å². The molecule has 6 nitrogen and oxygen atoms in total. The molecule has 1 heterocycles. The quantitative estimate of drug-likeness (QED) is 0.768. The molecular weight excluding hydrogens is 296 g/mol. The van der Waals surface area contributed by atoms with E-state index in [0.29, 0.717) is 6.42 Å². The summed E-state index contributed by atoms with van der Waals surface area (Å²) < 4.78 is 5.17. The van der Waals surface area contributed by atoms with Crippen LogP contribution in [0.4, 0.5) is 0 Å². The Morgan fingerprint density at radius 2 is 2.04 bits per heavy atom. The van der Waals surface area contributed by atoms with Crippen molar-refractivity contribution < 1.29 is 19.1 Å².